The highest BCUT2D eigenvalue weighted by Gasteiger charge is 2.09. The van der Waals surface area contributed by atoms with Crippen molar-refractivity contribution in [3.63, 3.8) is 0 Å². The third-order valence-electron chi connectivity index (χ3n) is 1.73. The number of amides is 1. The first-order chi connectivity index (χ1) is 5.54. The van der Waals surface area contributed by atoms with E-state index in [1.54, 1.807) is 6.92 Å². The van der Waals surface area contributed by atoms with E-state index in [0.717, 1.165) is 6.42 Å². The van der Waals surface area contributed by atoms with Gasteiger partial charge in [0, 0.05) is 6.42 Å². The summed E-state index contributed by atoms with van der Waals surface area (Å²) in [7, 11) is 0. The van der Waals surface area contributed by atoms with Gasteiger partial charge in [-0.1, -0.05) is 13.3 Å². The van der Waals surface area contributed by atoms with Crippen molar-refractivity contribution in [2.24, 2.45) is 11.7 Å². The smallest absolute Gasteiger partial charge is 0.306 e. The Morgan fingerprint density at radius 1 is 1.42 bits per heavy atom. The van der Waals surface area contributed by atoms with Crippen molar-refractivity contribution in [3.05, 3.63) is 0 Å². The van der Waals surface area contributed by atoms with Gasteiger partial charge < -0.3 is 10.8 Å². The molecule has 0 spiro atoms. The molecule has 0 aliphatic heterocycles. The Balaban J connectivity index is 3.31. The van der Waals surface area contributed by atoms with Crippen LogP contribution in [0.25, 0.3) is 0 Å². The standard InChI is InChI=1S/C8H15NO3/c1-6(8(11)12)4-2-3-5-7(9)10/h6H,2-5H2,1H3,(H2,9,10)(H,11,12). The van der Waals surface area contributed by atoms with E-state index < -0.39 is 5.97 Å². The van der Waals surface area contributed by atoms with Crippen molar-refractivity contribution in [1.29, 1.82) is 0 Å². The van der Waals surface area contributed by atoms with Gasteiger partial charge in [0.25, 0.3) is 0 Å². The highest BCUT2D eigenvalue weighted by molar-refractivity contribution is 5.73. The maximum absolute atomic E-state index is 10.3. The summed E-state index contributed by atoms with van der Waals surface area (Å²) in [6, 6.07) is 0. The molecule has 12 heavy (non-hydrogen) atoms. The molecule has 3 N–H and O–H groups in total. The summed E-state index contributed by atoms with van der Waals surface area (Å²) < 4.78 is 0. The second-order valence-electron chi connectivity index (χ2n) is 2.95. The number of hydrogen-bond donors (Lipinski definition) is 2. The van der Waals surface area contributed by atoms with Gasteiger partial charge in [-0.05, 0) is 12.8 Å². The first kappa shape index (κ1) is 10.9. The number of carboxylic acid groups (broad SMARTS) is 1. The molecule has 0 aliphatic rings. The summed E-state index contributed by atoms with van der Waals surface area (Å²) in [4.78, 5) is 20.6. The Hall–Kier alpha value is -1.06. The van der Waals surface area contributed by atoms with E-state index in [4.69, 9.17) is 10.8 Å². The summed E-state index contributed by atoms with van der Waals surface area (Å²) in [5.74, 6) is -1.43. The normalized spacial score (nSPS) is 12.4. The molecule has 0 aromatic rings. The average molecular weight is 173 g/mol. The molecular formula is C8H15NO3. The number of unbranched alkanes of at least 4 members (excludes halogenated alkanes) is 1. The van der Waals surface area contributed by atoms with Crippen LogP contribution in [0.4, 0.5) is 0 Å². The van der Waals surface area contributed by atoms with Crippen LogP contribution in [0.5, 0.6) is 0 Å². The van der Waals surface area contributed by atoms with Crippen molar-refractivity contribution in [2.75, 3.05) is 0 Å². The van der Waals surface area contributed by atoms with E-state index in [9.17, 15) is 9.59 Å². The predicted molar refractivity (Wildman–Crippen MR) is 44.5 cm³/mol. The van der Waals surface area contributed by atoms with Crippen LogP contribution in [-0.2, 0) is 9.59 Å². The zero-order chi connectivity index (χ0) is 9.56. The average Bonchev–Trinajstić information content (AvgIpc) is 1.97. The van der Waals surface area contributed by atoms with Gasteiger partial charge >= 0.3 is 5.97 Å². The molecule has 1 unspecified atom stereocenters. The number of rotatable bonds is 6. The number of aliphatic carboxylic acids is 1. The molecule has 0 aromatic heterocycles. The highest BCUT2D eigenvalue weighted by atomic mass is 16.4. The molecular weight excluding hydrogens is 158 g/mol. The van der Waals surface area contributed by atoms with Crippen LogP contribution < -0.4 is 5.73 Å². The number of carbonyl (C=O) groups excluding carboxylic acids is 1. The lowest BCUT2D eigenvalue weighted by Gasteiger charge is -2.03. The fraction of sp³-hybridized carbons (Fsp3) is 0.750. The molecule has 0 aliphatic carbocycles. The maximum Gasteiger partial charge on any atom is 0.306 e. The number of carbonyl (C=O) groups is 2. The quantitative estimate of drug-likeness (QED) is 0.581. The van der Waals surface area contributed by atoms with Gasteiger partial charge in [-0.25, -0.2) is 0 Å². The summed E-state index contributed by atoms with van der Waals surface area (Å²) in [6.45, 7) is 1.66. The van der Waals surface area contributed by atoms with Crippen molar-refractivity contribution < 1.29 is 14.7 Å². The van der Waals surface area contributed by atoms with Crippen molar-refractivity contribution >= 4 is 11.9 Å². The van der Waals surface area contributed by atoms with Crippen LogP contribution >= 0.6 is 0 Å². The Bertz CT molecular complexity index is 168. The van der Waals surface area contributed by atoms with Gasteiger partial charge in [0.15, 0.2) is 0 Å². The van der Waals surface area contributed by atoms with Gasteiger partial charge in [0.1, 0.15) is 0 Å². The van der Waals surface area contributed by atoms with E-state index in [2.05, 4.69) is 0 Å². The zero-order valence-electron chi connectivity index (χ0n) is 7.25. The monoisotopic (exact) mass is 173 g/mol. The fourth-order valence-electron chi connectivity index (χ4n) is 0.873. The highest BCUT2D eigenvalue weighted by Crippen LogP contribution is 2.08. The molecule has 0 saturated heterocycles. The van der Waals surface area contributed by atoms with Crippen molar-refractivity contribution in [1.82, 2.24) is 0 Å². The second-order valence-corrected chi connectivity index (χ2v) is 2.95. The van der Waals surface area contributed by atoms with E-state index >= 15 is 0 Å². The van der Waals surface area contributed by atoms with Gasteiger partial charge in [0.05, 0.1) is 5.92 Å². The largest absolute Gasteiger partial charge is 0.481 e. The van der Waals surface area contributed by atoms with Crippen LogP contribution in [0.3, 0.4) is 0 Å². The second kappa shape index (κ2) is 5.57. The molecule has 0 aromatic carbocycles. The number of primary amides is 1. The number of carboxylic acids is 1. The Morgan fingerprint density at radius 2 is 2.00 bits per heavy atom. The minimum Gasteiger partial charge on any atom is -0.481 e. The van der Waals surface area contributed by atoms with Crippen LogP contribution in [0.15, 0.2) is 0 Å². The Labute approximate surface area is 71.8 Å². The van der Waals surface area contributed by atoms with Gasteiger partial charge in [-0.2, -0.15) is 0 Å². The van der Waals surface area contributed by atoms with Crippen molar-refractivity contribution in [3.8, 4) is 0 Å². The third kappa shape index (κ3) is 5.70. The summed E-state index contributed by atoms with van der Waals surface area (Å²) in [5, 5.41) is 8.50. The first-order valence-electron chi connectivity index (χ1n) is 4.05. The molecule has 4 heteroatoms. The molecule has 0 heterocycles. The Morgan fingerprint density at radius 3 is 2.42 bits per heavy atom. The Kier molecular flexibility index (Phi) is 5.08. The SMILES string of the molecule is CC(CCCCC(N)=O)C(=O)O. The summed E-state index contributed by atoms with van der Waals surface area (Å²) >= 11 is 0. The lowest BCUT2D eigenvalue weighted by molar-refractivity contribution is -0.141. The molecule has 0 saturated carbocycles. The molecule has 4 nitrogen and oxygen atoms in total. The summed E-state index contributed by atoms with van der Waals surface area (Å²) in [5.41, 5.74) is 4.91. The molecule has 70 valence electrons. The van der Waals surface area contributed by atoms with Crippen LogP contribution in [0.1, 0.15) is 32.6 Å². The molecule has 0 radical (unpaired) electrons. The van der Waals surface area contributed by atoms with Gasteiger partial charge in [-0.15, -0.1) is 0 Å². The number of nitrogens with two attached hydrogens (primary N) is 1. The van der Waals surface area contributed by atoms with Crippen LogP contribution in [0.2, 0.25) is 0 Å². The third-order valence-corrected chi connectivity index (χ3v) is 1.73. The molecule has 1 amide bonds. The minimum absolute atomic E-state index is 0.321. The van der Waals surface area contributed by atoms with E-state index in [-0.39, 0.29) is 11.8 Å². The van der Waals surface area contributed by atoms with E-state index in [1.807, 2.05) is 0 Å². The van der Waals surface area contributed by atoms with Gasteiger partial charge in [-0.3, -0.25) is 9.59 Å². The zero-order valence-corrected chi connectivity index (χ0v) is 7.25. The lowest BCUT2D eigenvalue weighted by Crippen LogP contribution is -2.11. The van der Waals surface area contributed by atoms with Crippen LogP contribution in [-0.4, -0.2) is 17.0 Å². The fourth-order valence-corrected chi connectivity index (χ4v) is 0.873. The topological polar surface area (TPSA) is 80.4 Å². The predicted octanol–water partition coefficient (Wildman–Crippen LogP) is 0.753. The van der Waals surface area contributed by atoms with Crippen molar-refractivity contribution in [2.45, 2.75) is 32.6 Å². The minimum atomic E-state index is -0.783. The van der Waals surface area contributed by atoms with E-state index in [1.165, 1.54) is 0 Å². The van der Waals surface area contributed by atoms with Crippen LogP contribution in [0, 0.1) is 5.92 Å². The number of hydrogen-bond acceptors (Lipinski definition) is 2. The maximum atomic E-state index is 10.3. The van der Waals surface area contributed by atoms with Gasteiger partial charge in [0.2, 0.25) is 5.91 Å². The molecule has 0 rings (SSSR count). The van der Waals surface area contributed by atoms with E-state index in [0.29, 0.717) is 19.3 Å². The lowest BCUT2D eigenvalue weighted by atomic mass is 10.0. The molecule has 0 bridgehead atoms. The molecule has 1 atom stereocenters. The molecule has 0 fully saturated rings. The first-order valence-corrected chi connectivity index (χ1v) is 4.05. The summed E-state index contributed by atoms with van der Waals surface area (Å²) in [6.07, 6.45) is 2.40.